The molecule has 0 amide bonds. The molecule has 0 saturated carbocycles. The van der Waals surface area contributed by atoms with Crippen LogP contribution in [0, 0.1) is 5.92 Å². The molecule has 2 aliphatic heterocycles. The van der Waals surface area contributed by atoms with Gasteiger partial charge in [0.15, 0.2) is 5.82 Å². The number of hydrogen-bond acceptors (Lipinski definition) is 6. The SMILES string of the molecule is CC=N/C=C(/c1cnc2c(c1)CN(C1Nn3c(nccc3=O)C=C1C)CC2)C(C)CC. The van der Waals surface area contributed by atoms with Gasteiger partial charge in [-0.1, -0.05) is 13.8 Å². The van der Waals surface area contributed by atoms with Crippen LogP contribution in [-0.4, -0.2) is 38.5 Å². The summed E-state index contributed by atoms with van der Waals surface area (Å²) in [6.07, 6.45) is 11.2. The van der Waals surface area contributed by atoms with Crippen molar-refractivity contribution in [1.29, 1.82) is 0 Å². The molecule has 4 rings (SSSR count). The van der Waals surface area contributed by atoms with Crippen molar-refractivity contribution in [2.45, 2.75) is 53.2 Å². The van der Waals surface area contributed by atoms with Crippen LogP contribution in [0.1, 0.15) is 56.8 Å². The Kier molecular flexibility index (Phi) is 6.13. The summed E-state index contributed by atoms with van der Waals surface area (Å²) in [5.41, 5.74) is 9.14. The van der Waals surface area contributed by atoms with Crippen LogP contribution in [0.4, 0.5) is 0 Å². The van der Waals surface area contributed by atoms with Gasteiger partial charge >= 0.3 is 0 Å². The molecule has 0 radical (unpaired) electrons. The zero-order valence-corrected chi connectivity index (χ0v) is 18.7. The number of aromatic nitrogens is 3. The minimum absolute atomic E-state index is 0.0551. The van der Waals surface area contributed by atoms with Gasteiger partial charge in [0.2, 0.25) is 0 Å². The van der Waals surface area contributed by atoms with E-state index in [-0.39, 0.29) is 11.7 Å². The van der Waals surface area contributed by atoms with Gasteiger partial charge < -0.3 is 0 Å². The van der Waals surface area contributed by atoms with E-state index in [2.05, 4.69) is 47.1 Å². The Bertz CT molecular complexity index is 1110. The molecular weight excluding hydrogens is 388 g/mol. The number of aliphatic imine (C=N–C) groups is 1. The van der Waals surface area contributed by atoms with Crippen LogP contribution in [0.5, 0.6) is 0 Å². The van der Waals surface area contributed by atoms with E-state index >= 15 is 0 Å². The van der Waals surface area contributed by atoms with Gasteiger partial charge in [0.1, 0.15) is 6.17 Å². The van der Waals surface area contributed by atoms with E-state index in [9.17, 15) is 4.79 Å². The summed E-state index contributed by atoms with van der Waals surface area (Å²) in [5.74, 6) is 1.05. The molecule has 0 aromatic carbocycles. The van der Waals surface area contributed by atoms with E-state index in [0.29, 0.717) is 11.7 Å². The molecule has 2 aromatic heterocycles. The van der Waals surface area contributed by atoms with Gasteiger partial charge in [0.25, 0.3) is 5.56 Å². The van der Waals surface area contributed by atoms with Crippen molar-refractivity contribution < 1.29 is 0 Å². The maximum Gasteiger partial charge on any atom is 0.272 e. The second-order valence-corrected chi connectivity index (χ2v) is 8.25. The first-order valence-corrected chi connectivity index (χ1v) is 10.9. The minimum Gasteiger partial charge on any atom is -0.300 e. The van der Waals surface area contributed by atoms with Crippen molar-refractivity contribution in [2.24, 2.45) is 10.9 Å². The average molecular weight is 419 g/mol. The van der Waals surface area contributed by atoms with Gasteiger partial charge in [-0.25, -0.2) is 9.66 Å². The largest absolute Gasteiger partial charge is 0.300 e. The monoisotopic (exact) mass is 418 g/mol. The Labute approximate surface area is 183 Å². The summed E-state index contributed by atoms with van der Waals surface area (Å²) in [6.45, 7) is 10.1. The molecule has 0 bridgehead atoms. The number of pyridine rings is 1. The maximum atomic E-state index is 12.3. The Morgan fingerprint density at radius 3 is 3.03 bits per heavy atom. The van der Waals surface area contributed by atoms with Crippen LogP contribution < -0.4 is 11.0 Å². The topological polar surface area (TPSA) is 75.4 Å². The smallest absolute Gasteiger partial charge is 0.272 e. The normalized spacial score (nSPS) is 20.1. The summed E-state index contributed by atoms with van der Waals surface area (Å²) in [6, 6.07) is 3.74. The molecule has 7 heteroatoms. The Morgan fingerprint density at radius 2 is 2.26 bits per heavy atom. The molecule has 2 aromatic rings. The molecule has 162 valence electrons. The summed E-state index contributed by atoms with van der Waals surface area (Å²) in [4.78, 5) is 28.1. The number of fused-ring (bicyclic) bond motifs is 2. The van der Waals surface area contributed by atoms with E-state index in [1.54, 1.807) is 6.20 Å². The third-order valence-electron chi connectivity index (χ3n) is 6.19. The lowest BCUT2D eigenvalue weighted by Crippen LogP contribution is -2.51. The van der Waals surface area contributed by atoms with E-state index in [4.69, 9.17) is 4.98 Å². The van der Waals surface area contributed by atoms with Gasteiger partial charge in [0, 0.05) is 56.1 Å². The fourth-order valence-corrected chi connectivity index (χ4v) is 4.22. The third-order valence-corrected chi connectivity index (χ3v) is 6.19. The molecule has 0 fully saturated rings. The molecule has 0 aliphatic carbocycles. The first-order valence-electron chi connectivity index (χ1n) is 10.9. The van der Waals surface area contributed by atoms with Crippen molar-refractivity contribution in [3.63, 3.8) is 0 Å². The highest BCUT2D eigenvalue weighted by Gasteiger charge is 2.29. The fourth-order valence-electron chi connectivity index (χ4n) is 4.22. The summed E-state index contributed by atoms with van der Waals surface area (Å²) < 4.78 is 1.54. The third kappa shape index (κ3) is 4.23. The molecular formula is C24H30N6O. The maximum absolute atomic E-state index is 12.3. The summed E-state index contributed by atoms with van der Waals surface area (Å²) in [5, 5.41) is 0. The molecule has 2 atom stereocenters. The van der Waals surface area contributed by atoms with Crippen molar-refractivity contribution in [1.82, 2.24) is 19.5 Å². The predicted octanol–water partition coefficient (Wildman–Crippen LogP) is 3.46. The van der Waals surface area contributed by atoms with Crippen LogP contribution in [0.15, 0.2) is 46.1 Å². The van der Waals surface area contributed by atoms with Gasteiger partial charge in [-0.2, -0.15) is 0 Å². The fraction of sp³-hybridized carbons (Fsp3) is 0.417. The zero-order valence-electron chi connectivity index (χ0n) is 18.7. The molecule has 4 heterocycles. The van der Waals surface area contributed by atoms with Crippen LogP contribution >= 0.6 is 0 Å². The first-order chi connectivity index (χ1) is 15.0. The van der Waals surface area contributed by atoms with Crippen molar-refractivity contribution in [2.75, 3.05) is 12.0 Å². The highest BCUT2D eigenvalue weighted by atomic mass is 16.1. The number of rotatable bonds is 5. The molecule has 0 saturated heterocycles. The van der Waals surface area contributed by atoms with E-state index < -0.39 is 0 Å². The second-order valence-electron chi connectivity index (χ2n) is 8.25. The number of nitrogens with zero attached hydrogens (tertiary/aromatic N) is 5. The first kappa shape index (κ1) is 21.2. The van der Waals surface area contributed by atoms with Crippen LogP contribution in [0.3, 0.4) is 0 Å². The minimum atomic E-state index is -0.0973. The van der Waals surface area contributed by atoms with Crippen molar-refractivity contribution >= 4 is 17.9 Å². The average Bonchev–Trinajstić information content (AvgIpc) is 2.78. The van der Waals surface area contributed by atoms with E-state index in [1.165, 1.54) is 21.9 Å². The van der Waals surface area contributed by atoms with E-state index in [1.807, 2.05) is 31.6 Å². The lowest BCUT2D eigenvalue weighted by molar-refractivity contribution is 0.205. The van der Waals surface area contributed by atoms with Crippen molar-refractivity contribution in [3.05, 3.63) is 69.3 Å². The van der Waals surface area contributed by atoms with Gasteiger partial charge in [0.05, 0.1) is 0 Å². The zero-order chi connectivity index (χ0) is 22.0. The van der Waals surface area contributed by atoms with Crippen molar-refractivity contribution in [3.8, 4) is 0 Å². The standard InChI is InChI=1S/C24H30N6O/c1-5-16(3)20(14-25-6-2)18-12-19-15-29(10-8-21(19)27-13-18)24-17(4)11-22-26-9-7-23(31)30(22)28-24/h6-7,9,11-14,16,24,28H,5,8,10,15H2,1-4H3/b20-14+,25-6?. The Morgan fingerprint density at radius 1 is 1.42 bits per heavy atom. The van der Waals surface area contributed by atoms with Gasteiger partial charge in [-0.05, 0) is 60.6 Å². The lowest BCUT2D eigenvalue weighted by Gasteiger charge is -2.38. The summed E-state index contributed by atoms with van der Waals surface area (Å²) >= 11 is 0. The van der Waals surface area contributed by atoms with E-state index in [0.717, 1.165) is 42.8 Å². The van der Waals surface area contributed by atoms with Gasteiger partial charge in [-0.3, -0.25) is 25.1 Å². The Balaban J connectivity index is 1.62. The quantitative estimate of drug-likeness (QED) is 0.753. The molecule has 7 nitrogen and oxygen atoms in total. The van der Waals surface area contributed by atoms with Crippen LogP contribution in [0.25, 0.3) is 11.6 Å². The lowest BCUT2D eigenvalue weighted by atomic mass is 9.91. The second kappa shape index (κ2) is 8.98. The highest BCUT2D eigenvalue weighted by Crippen LogP contribution is 2.30. The molecule has 1 N–H and O–H groups in total. The highest BCUT2D eigenvalue weighted by molar-refractivity contribution is 5.69. The summed E-state index contributed by atoms with van der Waals surface area (Å²) in [7, 11) is 0. The molecule has 0 spiro atoms. The molecule has 31 heavy (non-hydrogen) atoms. The number of allylic oxidation sites excluding steroid dienone is 1. The van der Waals surface area contributed by atoms with Crippen LogP contribution in [0.2, 0.25) is 0 Å². The predicted molar refractivity (Wildman–Crippen MR) is 125 cm³/mol. The molecule has 2 aliphatic rings. The molecule has 2 unspecified atom stereocenters. The Hall–Kier alpha value is -3.06. The van der Waals surface area contributed by atoms with Crippen LogP contribution in [-0.2, 0) is 13.0 Å². The van der Waals surface area contributed by atoms with Gasteiger partial charge in [-0.15, -0.1) is 0 Å². The number of hydrogen-bond donors (Lipinski definition) is 1. The number of nitrogens with one attached hydrogen (secondary N) is 1.